The van der Waals surface area contributed by atoms with Crippen LogP contribution in [0.15, 0.2) is 12.1 Å². The van der Waals surface area contributed by atoms with Gasteiger partial charge in [-0.1, -0.05) is 18.5 Å². The van der Waals surface area contributed by atoms with E-state index >= 15 is 0 Å². The first-order valence-corrected chi connectivity index (χ1v) is 5.15. The monoisotopic (exact) mass is 211 g/mol. The maximum absolute atomic E-state index is 9.55. The Morgan fingerprint density at radius 2 is 2.07 bits per heavy atom. The summed E-state index contributed by atoms with van der Waals surface area (Å²) in [7, 11) is 1.79. The van der Waals surface area contributed by atoms with Gasteiger partial charge in [-0.3, -0.25) is 0 Å². The summed E-state index contributed by atoms with van der Waals surface area (Å²) in [6.45, 7) is 2.20. The maximum Gasteiger partial charge on any atom is 0.140 e. The van der Waals surface area contributed by atoms with Crippen molar-refractivity contribution in [3.05, 3.63) is 22.7 Å². The van der Waals surface area contributed by atoms with Gasteiger partial charge in [0.1, 0.15) is 5.75 Å². The molecule has 1 saturated carbocycles. The fourth-order valence-electron chi connectivity index (χ4n) is 1.68. The van der Waals surface area contributed by atoms with E-state index in [0.29, 0.717) is 5.02 Å². The molecule has 1 fully saturated rings. The van der Waals surface area contributed by atoms with Gasteiger partial charge in [0, 0.05) is 18.1 Å². The average molecular weight is 212 g/mol. The largest absolute Gasteiger partial charge is 0.506 e. The number of phenols is 1. The Morgan fingerprint density at radius 3 is 2.57 bits per heavy atom. The summed E-state index contributed by atoms with van der Waals surface area (Å²) in [6.07, 6.45) is 2.36. The third kappa shape index (κ3) is 1.44. The molecule has 0 spiro atoms. The van der Waals surface area contributed by atoms with E-state index in [0.717, 1.165) is 11.3 Å². The van der Waals surface area contributed by atoms with Gasteiger partial charge >= 0.3 is 0 Å². The number of phenolic OH excluding ortho intramolecular Hbond substituents is 1. The van der Waals surface area contributed by atoms with E-state index in [-0.39, 0.29) is 11.2 Å². The van der Waals surface area contributed by atoms with E-state index in [4.69, 9.17) is 11.6 Å². The number of benzene rings is 1. The lowest BCUT2D eigenvalue weighted by Gasteiger charge is -2.14. The number of anilines is 1. The molecule has 0 saturated heterocycles. The predicted octanol–water partition coefficient (Wildman–Crippen LogP) is 3.14. The van der Waals surface area contributed by atoms with E-state index < -0.39 is 0 Å². The van der Waals surface area contributed by atoms with Gasteiger partial charge < -0.3 is 10.4 Å². The van der Waals surface area contributed by atoms with Crippen LogP contribution in [0, 0.1) is 0 Å². The second-order valence-electron chi connectivity index (χ2n) is 4.16. The van der Waals surface area contributed by atoms with Gasteiger partial charge in [0.2, 0.25) is 0 Å². The summed E-state index contributed by atoms with van der Waals surface area (Å²) in [6, 6.07) is 3.57. The van der Waals surface area contributed by atoms with Gasteiger partial charge in [0.05, 0.1) is 5.69 Å². The predicted molar refractivity (Wildman–Crippen MR) is 59.2 cm³/mol. The van der Waals surface area contributed by atoms with Crippen molar-refractivity contribution in [2.24, 2.45) is 0 Å². The van der Waals surface area contributed by atoms with Gasteiger partial charge in [0.25, 0.3) is 0 Å². The summed E-state index contributed by atoms with van der Waals surface area (Å²) < 4.78 is 0. The van der Waals surface area contributed by atoms with Gasteiger partial charge in [-0.2, -0.15) is 0 Å². The van der Waals surface area contributed by atoms with Crippen LogP contribution in [0.4, 0.5) is 5.69 Å². The molecule has 2 nitrogen and oxygen atoms in total. The SMILES string of the molecule is CNc1cc(C2(C)CC2)c(Cl)cc1O. The summed E-state index contributed by atoms with van der Waals surface area (Å²) in [5, 5.41) is 13.2. The summed E-state index contributed by atoms with van der Waals surface area (Å²) >= 11 is 6.10. The highest BCUT2D eigenvalue weighted by Crippen LogP contribution is 2.51. The molecule has 0 atom stereocenters. The van der Waals surface area contributed by atoms with Crippen molar-refractivity contribution in [1.29, 1.82) is 0 Å². The van der Waals surface area contributed by atoms with Crippen molar-refractivity contribution in [3.8, 4) is 5.75 Å². The highest BCUT2D eigenvalue weighted by Gasteiger charge is 2.40. The number of aromatic hydroxyl groups is 1. The van der Waals surface area contributed by atoms with Crippen LogP contribution in [0.2, 0.25) is 5.02 Å². The van der Waals surface area contributed by atoms with Gasteiger partial charge in [0.15, 0.2) is 0 Å². The first kappa shape index (κ1) is 9.66. The number of hydrogen-bond acceptors (Lipinski definition) is 2. The third-order valence-electron chi connectivity index (χ3n) is 3.00. The highest BCUT2D eigenvalue weighted by atomic mass is 35.5. The summed E-state index contributed by atoms with van der Waals surface area (Å²) in [5.41, 5.74) is 2.12. The zero-order valence-electron chi connectivity index (χ0n) is 8.39. The minimum atomic E-state index is 0.213. The van der Waals surface area contributed by atoms with E-state index in [2.05, 4.69) is 12.2 Å². The number of hydrogen-bond donors (Lipinski definition) is 2. The number of rotatable bonds is 2. The van der Waals surface area contributed by atoms with Crippen molar-refractivity contribution in [1.82, 2.24) is 0 Å². The zero-order chi connectivity index (χ0) is 10.3. The fourth-order valence-corrected chi connectivity index (χ4v) is 2.07. The average Bonchev–Trinajstić information content (AvgIpc) is 2.85. The van der Waals surface area contributed by atoms with Gasteiger partial charge in [-0.15, -0.1) is 0 Å². The smallest absolute Gasteiger partial charge is 0.140 e. The zero-order valence-corrected chi connectivity index (χ0v) is 9.15. The molecule has 0 aliphatic heterocycles. The second kappa shape index (κ2) is 3.06. The first-order valence-electron chi connectivity index (χ1n) is 4.77. The molecule has 0 bridgehead atoms. The van der Waals surface area contributed by atoms with Crippen molar-refractivity contribution < 1.29 is 5.11 Å². The Morgan fingerprint density at radius 1 is 1.43 bits per heavy atom. The molecular formula is C11H14ClNO. The highest BCUT2D eigenvalue weighted by molar-refractivity contribution is 6.31. The normalized spacial score (nSPS) is 17.9. The second-order valence-corrected chi connectivity index (χ2v) is 4.57. The molecule has 1 aromatic carbocycles. The Kier molecular flexibility index (Phi) is 2.11. The molecule has 0 radical (unpaired) electrons. The molecule has 1 aliphatic rings. The van der Waals surface area contributed by atoms with E-state index in [9.17, 15) is 5.11 Å². The summed E-state index contributed by atoms with van der Waals surface area (Å²) in [5.74, 6) is 0.213. The lowest BCUT2D eigenvalue weighted by Crippen LogP contribution is -2.02. The lowest BCUT2D eigenvalue weighted by atomic mass is 9.97. The molecule has 2 rings (SSSR count). The molecule has 1 aliphatic carbocycles. The molecule has 3 heteroatoms. The van der Waals surface area contributed by atoms with E-state index in [1.165, 1.54) is 12.8 Å². The van der Waals surface area contributed by atoms with Crippen LogP contribution in [0.3, 0.4) is 0 Å². The van der Waals surface area contributed by atoms with Crippen LogP contribution in [0.5, 0.6) is 5.75 Å². The molecule has 2 N–H and O–H groups in total. The Hall–Kier alpha value is -0.890. The standard InChI is InChI=1S/C11H14ClNO/c1-11(3-4-11)7-5-9(13-2)10(14)6-8(7)12/h5-6,13-14H,3-4H2,1-2H3. The molecule has 14 heavy (non-hydrogen) atoms. The fraction of sp³-hybridized carbons (Fsp3) is 0.455. The number of nitrogens with one attached hydrogen (secondary N) is 1. The van der Waals surface area contributed by atoms with Crippen molar-refractivity contribution >= 4 is 17.3 Å². The Bertz CT molecular complexity index is 372. The Labute approximate surface area is 88.9 Å². The lowest BCUT2D eigenvalue weighted by molar-refractivity contribution is 0.477. The molecule has 1 aromatic rings. The van der Waals surface area contributed by atoms with E-state index in [1.807, 2.05) is 6.07 Å². The molecular weight excluding hydrogens is 198 g/mol. The van der Waals surface area contributed by atoms with Crippen LogP contribution in [-0.2, 0) is 5.41 Å². The van der Waals surface area contributed by atoms with Crippen molar-refractivity contribution in [3.63, 3.8) is 0 Å². The third-order valence-corrected chi connectivity index (χ3v) is 3.32. The van der Waals surface area contributed by atoms with Gasteiger partial charge in [-0.25, -0.2) is 0 Å². The van der Waals surface area contributed by atoms with Crippen LogP contribution < -0.4 is 5.32 Å². The molecule has 0 heterocycles. The first-order chi connectivity index (χ1) is 6.57. The van der Waals surface area contributed by atoms with Crippen molar-refractivity contribution in [2.75, 3.05) is 12.4 Å². The van der Waals surface area contributed by atoms with Crippen LogP contribution in [-0.4, -0.2) is 12.2 Å². The van der Waals surface area contributed by atoms with E-state index in [1.54, 1.807) is 13.1 Å². The quantitative estimate of drug-likeness (QED) is 0.737. The topological polar surface area (TPSA) is 32.3 Å². The van der Waals surface area contributed by atoms with Crippen LogP contribution in [0.25, 0.3) is 0 Å². The molecule has 76 valence electrons. The Balaban J connectivity index is 2.50. The molecule has 0 amide bonds. The summed E-state index contributed by atoms with van der Waals surface area (Å²) in [4.78, 5) is 0. The van der Waals surface area contributed by atoms with Crippen LogP contribution >= 0.6 is 11.6 Å². The van der Waals surface area contributed by atoms with Crippen molar-refractivity contribution in [2.45, 2.75) is 25.2 Å². The minimum absolute atomic E-state index is 0.213. The number of halogens is 1. The maximum atomic E-state index is 9.55. The van der Waals surface area contributed by atoms with Crippen LogP contribution in [0.1, 0.15) is 25.3 Å². The van der Waals surface area contributed by atoms with Gasteiger partial charge in [-0.05, 0) is 29.9 Å². The minimum Gasteiger partial charge on any atom is -0.506 e. The molecule has 0 aromatic heterocycles. The molecule has 0 unspecified atom stereocenters.